The van der Waals surface area contributed by atoms with Gasteiger partial charge in [-0.25, -0.2) is 4.98 Å². The molecule has 1 heterocycles. The second-order valence-electron chi connectivity index (χ2n) is 5.67. The summed E-state index contributed by atoms with van der Waals surface area (Å²) in [6.07, 6.45) is 0. The van der Waals surface area contributed by atoms with E-state index in [4.69, 9.17) is 5.26 Å². The fourth-order valence-corrected chi connectivity index (χ4v) is 1.54. The Morgan fingerprint density at radius 3 is 2.42 bits per heavy atom. The minimum atomic E-state index is -0.981. The highest BCUT2D eigenvalue weighted by atomic mass is 16.4. The lowest BCUT2D eigenvalue weighted by molar-refractivity contribution is -0.149. The number of aromatic nitrogens is 1. The standard InChI is InChI=1S/C14H19N3O2/c1-9-6-10(8-15)7-11(16-9)17-14(4,5)13(2,3)12(18)19/h6-7H,1-5H3,(H,16,17)(H,18,19). The first-order chi connectivity index (χ1) is 8.60. The molecule has 0 aromatic carbocycles. The van der Waals surface area contributed by atoms with Gasteiger partial charge in [-0.1, -0.05) is 0 Å². The number of rotatable bonds is 4. The Kier molecular flexibility index (Phi) is 3.85. The molecule has 0 amide bonds. The maximum absolute atomic E-state index is 11.3. The second-order valence-corrected chi connectivity index (χ2v) is 5.67. The number of pyridine rings is 1. The summed E-state index contributed by atoms with van der Waals surface area (Å²) in [6, 6.07) is 5.36. The average molecular weight is 261 g/mol. The fraction of sp³-hybridized carbons (Fsp3) is 0.500. The van der Waals surface area contributed by atoms with E-state index in [0.29, 0.717) is 17.1 Å². The third-order valence-electron chi connectivity index (χ3n) is 3.62. The molecule has 1 rings (SSSR count). The maximum Gasteiger partial charge on any atom is 0.311 e. The van der Waals surface area contributed by atoms with Crippen molar-refractivity contribution in [2.24, 2.45) is 5.41 Å². The van der Waals surface area contributed by atoms with E-state index >= 15 is 0 Å². The van der Waals surface area contributed by atoms with E-state index in [0.717, 1.165) is 0 Å². The molecular weight excluding hydrogens is 242 g/mol. The molecule has 1 aromatic rings. The Bertz CT molecular complexity index is 542. The Balaban J connectivity index is 3.12. The Morgan fingerprint density at radius 2 is 1.95 bits per heavy atom. The van der Waals surface area contributed by atoms with Crippen LogP contribution >= 0.6 is 0 Å². The Morgan fingerprint density at radius 1 is 1.37 bits per heavy atom. The summed E-state index contributed by atoms with van der Waals surface area (Å²) in [7, 11) is 0. The van der Waals surface area contributed by atoms with Gasteiger partial charge < -0.3 is 10.4 Å². The molecule has 0 atom stereocenters. The van der Waals surface area contributed by atoms with E-state index in [1.165, 1.54) is 0 Å². The van der Waals surface area contributed by atoms with Gasteiger partial charge in [0.15, 0.2) is 0 Å². The van der Waals surface area contributed by atoms with Gasteiger partial charge in [0, 0.05) is 11.2 Å². The van der Waals surface area contributed by atoms with Gasteiger partial charge in [0.05, 0.1) is 17.0 Å². The number of anilines is 1. The van der Waals surface area contributed by atoms with Crippen molar-refractivity contribution in [2.45, 2.75) is 40.2 Å². The molecule has 0 spiro atoms. The zero-order valence-electron chi connectivity index (χ0n) is 11.9. The summed E-state index contributed by atoms with van der Waals surface area (Å²) in [5.74, 6) is -0.381. The summed E-state index contributed by atoms with van der Waals surface area (Å²) in [4.78, 5) is 15.6. The molecule has 0 bridgehead atoms. The largest absolute Gasteiger partial charge is 0.481 e. The third kappa shape index (κ3) is 3.02. The van der Waals surface area contributed by atoms with Gasteiger partial charge in [-0.15, -0.1) is 0 Å². The van der Waals surface area contributed by atoms with Crippen molar-refractivity contribution < 1.29 is 9.90 Å². The van der Waals surface area contributed by atoms with Crippen LogP contribution in [0.3, 0.4) is 0 Å². The van der Waals surface area contributed by atoms with Crippen LogP contribution in [0.2, 0.25) is 0 Å². The molecule has 19 heavy (non-hydrogen) atoms. The van der Waals surface area contributed by atoms with Crippen molar-refractivity contribution in [1.29, 1.82) is 5.26 Å². The topological polar surface area (TPSA) is 86.0 Å². The number of hydrogen-bond acceptors (Lipinski definition) is 4. The van der Waals surface area contributed by atoms with Crippen molar-refractivity contribution in [2.75, 3.05) is 5.32 Å². The number of aryl methyl sites for hydroxylation is 1. The average Bonchev–Trinajstić information content (AvgIpc) is 2.26. The molecule has 0 aliphatic heterocycles. The van der Waals surface area contributed by atoms with Crippen molar-refractivity contribution in [3.63, 3.8) is 0 Å². The lowest BCUT2D eigenvalue weighted by Crippen LogP contribution is -2.50. The van der Waals surface area contributed by atoms with E-state index in [1.807, 2.05) is 0 Å². The molecular formula is C14H19N3O2. The van der Waals surface area contributed by atoms with E-state index in [9.17, 15) is 9.90 Å². The first-order valence-electron chi connectivity index (χ1n) is 6.00. The summed E-state index contributed by atoms with van der Waals surface area (Å²) < 4.78 is 0. The molecule has 5 nitrogen and oxygen atoms in total. The fourth-order valence-electron chi connectivity index (χ4n) is 1.54. The third-order valence-corrected chi connectivity index (χ3v) is 3.62. The smallest absolute Gasteiger partial charge is 0.311 e. The predicted molar refractivity (Wildman–Crippen MR) is 72.8 cm³/mol. The SMILES string of the molecule is Cc1cc(C#N)cc(NC(C)(C)C(C)(C)C(=O)O)n1. The van der Waals surface area contributed by atoms with Gasteiger partial charge in [0.2, 0.25) is 0 Å². The Hall–Kier alpha value is -2.09. The summed E-state index contributed by atoms with van der Waals surface area (Å²) >= 11 is 0. The highest BCUT2D eigenvalue weighted by Gasteiger charge is 2.43. The normalized spacial score (nSPS) is 11.8. The van der Waals surface area contributed by atoms with Crippen molar-refractivity contribution in [3.05, 3.63) is 23.4 Å². The van der Waals surface area contributed by atoms with Crippen LogP contribution in [0.15, 0.2) is 12.1 Å². The molecule has 0 saturated carbocycles. The molecule has 0 aliphatic rings. The number of carboxylic acid groups (broad SMARTS) is 1. The first-order valence-corrected chi connectivity index (χ1v) is 6.00. The van der Waals surface area contributed by atoms with Crippen LogP contribution in [0.4, 0.5) is 5.82 Å². The van der Waals surface area contributed by atoms with Crippen LogP contribution in [0.5, 0.6) is 0 Å². The number of aliphatic carboxylic acids is 1. The monoisotopic (exact) mass is 261 g/mol. The van der Waals surface area contributed by atoms with Gasteiger partial charge in [-0.3, -0.25) is 4.79 Å². The van der Waals surface area contributed by atoms with Gasteiger partial charge in [0.25, 0.3) is 0 Å². The van der Waals surface area contributed by atoms with E-state index in [-0.39, 0.29) is 0 Å². The van der Waals surface area contributed by atoms with Crippen LogP contribution in [-0.2, 0) is 4.79 Å². The van der Waals surface area contributed by atoms with E-state index in [2.05, 4.69) is 16.4 Å². The summed E-state index contributed by atoms with van der Waals surface area (Å²) in [5.41, 5.74) is -0.484. The molecule has 2 N–H and O–H groups in total. The molecule has 0 radical (unpaired) electrons. The second kappa shape index (κ2) is 4.88. The highest BCUT2D eigenvalue weighted by molar-refractivity contribution is 5.76. The number of nitrogens with one attached hydrogen (secondary N) is 1. The number of nitrogens with zero attached hydrogens (tertiary/aromatic N) is 2. The Labute approximate surface area is 113 Å². The van der Waals surface area contributed by atoms with Crippen molar-refractivity contribution in [3.8, 4) is 6.07 Å². The minimum absolute atomic E-state index is 0.499. The minimum Gasteiger partial charge on any atom is -0.481 e. The van der Waals surface area contributed by atoms with Gasteiger partial charge in [0.1, 0.15) is 5.82 Å². The number of hydrogen-bond donors (Lipinski definition) is 2. The van der Waals surface area contributed by atoms with E-state index < -0.39 is 16.9 Å². The van der Waals surface area contributed by atoms with Crippen molar-refractivity contribution >= 4 is 11.8 Å². The highest BCUT2D eigenvalue weighted by Crippen LogP contribution is 2.33. The van der Waals surface area contributed by atoms with Crippen LogP contribution < -0.4 is 5.32 Å². The van der Waals surface area contributed by atoms with E-state index in [1.54, 1.807) is 46.8 Å². The van der Waals surface area contributed by atoms with Crippen LogP contribution in [0.25, 0.3) is 0 Å². The van der Waals surface area contributed by atoms with Crippen LogP contribution in [0, 0.1) is 23.7 Å². The van der Waals surface area contributed by atoms with Crippen LogP contribution in [0.1, 0.15) is 39.0 Å². The van der Waals surface area contributed by atoms with Gasteiger partial charge in [-0.05, 0) is 46.8 Å². The lowest BCUT2D eigenvalue weighted by Gasteiger charge is -2.39. The zero-order valence-corrected chi connectivity index (χ0v) is 11.9. The molecule has 0 saturated heterocycles. The predicted octanol–water partition coefficient (Wildman–Crippen LogP) is 2.56. The molecule has 5 heteroatoms. The molecule has 1 aromatic heterocycles. The number of carbonyl (C=O) groups is 1. The number of carboxylic acids is 1. The quantitative estimate of drug-likeness (QED) is 0.869. The molecule has 102 valence electrons. The first kappa shape index (κ1) is 15.0. The summed E-state index contributed by atoms with van der Waals surface area (Å²) in [6.45, 7) is 8.71. The number of nitriles is 1. The molecule has 0 fully saturated rings. The maximum atomic E-state index is 11.3. The summed E-state index contributed by atoms with van der Waals surface area (Å²) in [5, 5.41) is 21.3. The van der Waals surface area contributed by atoms with Gasteiger partial charge in [-0.2, -0.15) is 5.26 Å². The van der Waals surface area contributed by atoms with Crippen molar-refractivity contribution in [1.82, 2.24) is 4.98 Å². The molecule has 0 aliphatic carbocycles. The zero-order chi connectivity index (χ0) is 14.8. The lowest BCUT2D eigenvalue weighted by atomic mass is 9.74. The molecule has 0 unspecified atom stereocenters. The van der Waals surface area contributed by atoms with Gasteiger partial charge >= 0.3 is 5.97 Å². The van der Waals surface area contributed by atoms with Crippen LogP contribution in [-0.4, -0.2) is 21.6 Å².